The molecule has 5 rings (SSSR count). The van der Waals surface area contributed by atoms with Crippen LogP contribution < -0.4 is 0 Å². The van der Waals surface area contributed by atoms with E-state index in [1.54, 1.807) is 6.26 Å². The summed E-state index contributed by atoms with van der Waals surface area (Å²) in [5, 5.41) is 1.04. The highest BCUT2D eigenvalue weighted by molar-refractivity contribution is 5.88. The van der Waals surface area contributed by atoms with Gasteiger partial charge in [0.05, 0.1) is 18.7 Å². The van der Waals surface area contributed by atoms with E-state index in [2.05, 4.69) is 77.7 Å². The van der Waals surface area contributed by atoms with Gasteiger partial charge in [0.25, 0.3) is 0 Å². The van der Waals surface area contributed by atoms with Gasteiger partial charge in [-0.25, -0.2) is 0 Å². The number of piperazine rings is 1. The molecule has 1 aromatic heterocycles. The van der Waals surface area contributed by atoms with Crippen LogP contribution in [-0.2, 0) is 11.2 Å². The van der Waals surface area contributed by atoms with Crippen LogP contribution in [0.4, 0.5) is 0 Å². The molecule has 1 aliphatic rings. The lowest BCUT2D eigenvalue weighted by molar-refractivity contribution is -0.132. The van der Waals surface area contributed by atoms with Crippen molar-refractivity contribution in [2.45, 2.75) is 19.4 Å². The van der Waals surface area contributed by atoms with Gasteiger partial charge in [-0.2, -0.15) is 0 Å². The van der Waals surface area contributed by atoms with E-state index in [0.717, 1.165) is 48.3 Å². The number of hydrogen-bond acceptors (Lipinski definition) is 3. The molecule has 1 saturated heterocycles. The molecule has 162 valence electrons. The van der Waals surface area contributed by atoms with Crippen molar-refractivity contribution in [3.05, 3.63) is 107 Å². The van der Waals surface area contributed by atoms with Crippen LogP contribution >= 0.6 is 0 Å². The molecule has 0 aliphatic carbocycles. The molecule has 4 heteroatoms. The number of hydrogen-bond donors (Lipinski definition) is 0. The number of aryl methyl sites for hydroxylation is 1. The molecule has 4 nitrogen and oxygen atoms in total. The van der Waals surface area contributed by atoms with Crippen molar-refractivity contribution >= 4 is 16.9 Å². The average Bonchev–Trinajstić information content (AvgIpc) is 3.22. The fourth-order valence-electron chi connectivity index (χ4n) is 4.72. The van der Waals surface area contributed by atoms with Gasteiger partial charge < -0.3 is 9.32 Å². The second-order valence-corrected chi connectivity index (χ2v) is 8.58. The monoisotopic (exact) mass is 424 g/mol. The zero-order valence-electron chi connectivity index (χ0n) is 18.4. The molecule has 0 unspecified atom stereocenters. The zero-order chi connectivity index (χ0) is 21.9. The summed E-state index contributed by atoms with van der Waals surface area (Å²) in [7, 11) is 0. The predicted molar refractivity (Wildman–Crippen MR) is 128 cm³/mol. The van der Waals surface area contributed by atoms with E-state index < -0.39 is 0 Å². The van der Waals surface area contributed by atoms with Crippen LogP contribution in [0.3, 0.4) is 0 Å². The van der Waals surface area contributed by atoms with Crippen molar-refractivity contribution < 1.29 is 9.21 Å². The quantitative estimate of drug-likeness (QED) is 0.441. The van der Waals surface area contributed by atoms with E-state index in [1.807, 2.05) is 17.9 Å². The Morgan fingerprint density at radius 2 is 1.50 bits per heavy atom. The molecule has 0 bridgehead atoms. The number of fused-ring (bicyclic) bond motifs is 1. The Morgan fingerprint density at radius 1 is 0.875 bits per heavy atom. The Bertz CT molecular complexity index is 1150. The maximum absolute atomic E-state index is 13.1. The molecule has 0 spiro atoms. The largest absolute Gasteiger partial charge is 0.464 e. The Labute approximate surface area is 189 Å². The Morgan fingerprint density at radius 3 is 2.12 bits per heavy atom. The van der Waals surface area contributed by atoms with Crippen LogP contribution in [0.25, 0.3) is 11.0 Å². The topological polar surface area (TPSA) is 36.7 Å². The lowest BCUT2D eigenvalue weighted by Gasteiger charge is -2.39. The number of carbonyl (C=O) groups is 1. The Balaban J connectivity index is 1.28. The summed E-state index contributed by atoms with van der Waals surface area (Å²) in [5.74, 6) is 0.170. The maximum atomic E-state index is 13.1. The highest BCUT2D eigenvalue weighted by atomic mass is 16.3. The average molecular weight is 425 g/mol. The summed E-state index contributed by atoms with van der Waals surface area (Å²) in [6.45, 7) is 5.23. The third-order valence-corrected chi connectivity index (χ3v) is 6.42. The van der Waals surface area contributed by atoms with Gasteiger partial charge in [-0.3, -0.25) is 9.69 Å². The first-order valence-electron chi connectivity index (χ1n) is 11.3. The highest BCUT2D eigenvalue weighted by Gasteiger charge is 2.28. The van der Waals surface area contributed by atoms with Crippen LogP contribution in [0, 0.1) is 6.92 Å². The van der Waals surface area contributed by atoms with Gasteiger partial charge >= 0.3 is 0 Å². The molecule has 1 amide bonds. The summed E-state index contributed by atoms with van der Waals surface area (Å²) in [4.78, 5) is 17.5. The molecule has 1 aliphatic heterocycles. The fourth-order valence-corrected chi connectivity index (χ4v) is 4.72. The molecule has 4 aromatic rings. The van der Waals surface area contributed by atoms with Gasteiger partial charge in [0.1, 0.15) is 5.58 Å². The number of amides is 1. The normalized spacial score (nSPS) is 14.9. The van der Waals surface area contributed by atoms with E-state index >= 15 is 0 Å². The predicted octanol–water partition coefficient (Wildman–Crippen LogP) is 5.22. The molecule has 0 atom stereocenters. The minimum Gasteiger partial charge on any atom is -0.464 e. The first-order chi connectivity index (χ1) is 15.7. The van der Waals surface area contributed by atoms with E-state index in [-0.39, 0.29) is 11.9 Å². The zero-order valence-corrected chi connectivity index (χ0v) is 18.4. The van der Waals surface area contributed by atoms with Crippen molar-refractivity contribution in [3.8, 4) is 0 Å². The number of nitrogens with zero attached hydrogens (tertiary/aromatic N) is 2. The smallest absolute Gasteiger partial charge is 0.227 e. The molecule has 1 fully saturated rings. The van der Waals surface area contributed by atoms with Crippen LogP contribution in [0.1, 0.15) is 28.3 Å². The SMILES string of the molecule is Cc1ccc2c(CC(=O)N3CCN(C(c4ccccc4)c4ccccc4)CC3)coc2c1. The van der Waals surface area contributed by atoms with Crippen molar-refractivity contribution in [3.63, 3.8) is 0 Å². The molecule has 3 aromatic carbocycles. The first-order valence-corrected chi connectivity index (χ1v) is 11.3. The molecule has 0 radical (unpaired) electrons. The van der Waals surface area contributed by atoms with Crippen molar-refractivity contribution in [1.82, 2.24) is 9.80 Å². The third kappa shape index (κ3) is 4.19. The number of furan rings is 1. The number of benzene rings is 3. The van der Waals surface area contributed by atoms with Crippen molar-refractivity contribution in [2.75, 3.05) is 26.2 Å². The molecule has 2 heterocycles. The van der Waals surface area contributed by atoms with E-state index in [1.165, 1.54) is 11.1 Å². The van der Waals surface area contributed by atoms with Gasteiger partial charge in [0.2, 0.25) is 5.91 Å². The van der Waals surface area contributed by atoms with Crippen molar-refractivity contribution in [1.29, 1.82) is 0 Å². The number of rotatable bonds is 5. The summed E-state index contributed by atoms with van der Waals surface area (Å²) < 4.78 is 5.69. The van der Waals surface area contributed by atoms with Crippen LogP contribution in [0.5, 0.6) is 0 Å². The minimum absolute atomic E-state index is 0.170. The van der Waals surface area contributed by atoms with Gasteiger partial charge in [-0.1, -0.05) is 72.8 Å². The van der Waals surface area contributed by atoms with Crippen LogP contribution in [0.2, 0.25) is 0 Å². The van der Waals surface area contributed by atoms with Gasteiger partial charge in [0, 0.05) is 37.1 Å². The maximum Gasteiger partial charge on any atom is 0.227 e. The molecule has 0 N–H and O–H groups in total. The Hall–Kier alpha value is -3.37. The summed E-state index contributed by atoms with van der Waals surface area (Å²) >= 11 is 0. The van der Waals surface area contributed by atoms with E-state index in [9.17, 15) is 4.79 Å². The third-order valence-electron chi connectivity index (χ3n) is 6.42. The van der Waals surface area contributed by atoms with Crippen LogP contribution in [0.15, 0.2) is 89.5 Å². The number of carbonyl (C=O) groups excluding carboxylic acids is 1. The highest BCUT2D eigenvalue weighted by Crippen LogP contribution is 2.30. The summed E-state index contributed by atoms with van der Waals surface area (Å²) in [6, 6.07) is 27.6. The van der Waals surface area contributed by atoms with Crippen molar-refractivity contribution in [2.24, 2.45) is 0 Å². The first kappa shape index (κ1) is 20.5. The lowest BCUT2D eigenvalue weighted by atomic mass is 9.96. The van der Waals surface area contributed by atoms with Crippen LogP contribution in [-0.4, -0.2) is 41.9 Å². The van der Waals surface area contributed by atoms with Gasteiger partial charge in [-0.15, -0.1) is 0 Å². The molecular formula is C28H28N2O2. The van der Waals surface area contributed by atoms with E-state index in [4.69, 9.17) is 4.42 Å². The summed E-state index contributed by atoms with van der Waals surface area (Å²) in [5.41, 5.74) is 5.56. The second kappa shape index (κ2) is 9.01. The Kier molecular flexibility index (Phi) is 5.78. The fraction of sp³-hybridized carbons (Fsp3) is 0.250. The molecule has 32 heavy (non-hydrogen) atoms. The van der Waals surface area contributed by atoms with Gasteiger partial charge in [-0.05, 0) is 29.7 Å². The molecule has 0 saturated carbocycles. The standard InChI is InChI=1S/C28H28N2O2/c1-21-12-13-25-24(20-32-26(25)18-21)19-27(31)29-14-16-30(17-15-29)28(22-8-4-2-5-9-22)23-10-6-3-7-11-23/h2-13,18,20,28H,14-17,19H2,1H3. The molecular weight excluding hydrogens is 396 g/mol. The van der Waals surface area contributed by atoms with E-state index in [0.29, 0.717) is 6.42 Å². The minimum atomic E-state index is 0.170. The lowest BCUT2D eigenvalue weighted by Crippen LogP contribution is -2.50. The second-order valence-electron chi connectivity index (χ2n) is 8.58. The van der Waals surface area contributed by atoms with Gasteiger partial charge in [0.15, 0.2) is 0 Å². The summed E-state index contributed by atoms with van der Waals surface area (Å²) in [6.07, 6.45) is 2.12.